The second kappa shape index (κ2) is 14.8. The van der Waals surface area contributed by atoms with Crippen LogP contribution in [0.2, 0.25) is 0 Å². The highest BCUT2D eigenvalue weighted by molar-refractivity contribution is 5.82. The molecule has 0 aliphatic heterocycles. The largest absolute Gasteiger partial charge is 0.208 e. The van der Waals surface area contributed by atoms with E-state index >= 15 is 0 Å². The van der Waals surface area contributed by atoms with Crippen LogP contribution in [-0.4, -0.2) is 15.0 Å². The van der Waals surface area contributed by atoms with E-state index in [9.17, 15) is 0 Å². The molecule has 3 heteroatoms. The Morgan fingerprint density at radius 2 is 0.352 bits per heavy atom. The lowest BCUT2D eigenvalue weighted by atomic mass is 9.92. The van der Waals surface area contributed by atoms with Crippen LogP contribution in [0.1, 0.15) is 0 Å². The quantitative estimate of drug-likeness (QED) is 0.159. The first-order valence-corrected chi connectivity index (χ1v) is 18.2. The van der Waals surface area contributed by atoms with Gasteiger partial charge in [0.1, 0.15) is 0 Å². The lowest BCUT2D eigenvalue weighted by molar-refractivity contribution is 1.07. The van der Waals surface area contributed by atoms with Gasteiger partial charge in [0.25, 0.3) is 0 Å². The van der Waals surface area contributed by atoms with Gasteiger partial charge in [-0.1, -0.05) is 194 Å². The maximum absolute atomic E-state index is 4.89. The fraction of sp³-hybridized carbons (Fsp3) is 0. The van der Waals surface area contributed by atoms with Crippen LogP contribution in [0.4, 0.5) is 0 Å². The summed E-state index contributed by atoms with van der Waals surface area (Å²) in [6, 6.07) is 74.4. The van der Waals surface area contributed by atoms with Crippen LogP contribution in [0.3, 0.4) is 0 Å². The van der Waals surface area contributed by atoms with Crippen molar-refractivity contribution in [2.45, 2.75) is 0 Å². The molecule has 0 spiro atoms. The molecule has 54 heavy (non-hydrogen) atoms. The van der Waals surface area contributed by atoms with E-state index < -0.39 is 0 Å². The van der Waals surface area contributed by atoms with E-state index in [1.807, 2.05) is 60.7 Å². The van der Waals surface area contributed by atoms with Gasteiger partial charge in [-0.05, 0) is 73.8 Å². The molecule has 1 heterocycles. The maximum Gasteiger partial charge on any atom is 0.164 e. The molecule has 0 saturated carbocycles. The number of aromatic nitrogens is 3. The Kier molecular flexibility index (Phi) is 8.94. The first-order valence-electron chi connectivity index (χ1n) is 18.2. The SMILES string of the molecule is c1ccc(-c2cc(-c3ccccc3)cc(-c3ccc(-c4ccc(-c5ccc(-c6nc(-c7ccccc7)nc(-c7ccccc7)n6)cc5)cc4)cc3)c2)cc1. The number of nitrogens with zero attached hydrogens (tertiary/aromatic N) is 3. The van der Waals surface area contributed by atoms with Crippen molar-refractivity contribution >= 4 is 0 Å². The molecule has 0 aliphatic carbocycles. The van der Waals surface area contributed by atoms with E-state index in [2.05, 4.69) is 152 Å². The fourth-order valence-electron chi connectivity index (χ4n) is 6.85. The molecule has 0 saturated heterocycles. The van der Waals surface area contributed by atoms with Crippen LogP contribution in [0.25, 0.3) is 89.8 Å². The van der Waals surface area contributed by atoms with Gasteiger partial charge >= 0.3 is 0 Å². The molecular formula is C51H35N3. The minimum atomic E-state index is 0.649. The highest BCUT2D eigenvalue weighted by atomic mass is 15.0. The van der Waals surface area contributed by atoms with E-state index in [-0.39, 0.29) is 0 Å². The van der Waals surface area contributed by atoms with Crippen molar-refractivity contribution in [3.05, 3.63) is 212 Å². The third kappa shape index (κ3) is 6.99. The first kappa shape index (κ1) is 32.7. The first-order chi connectivity index (χ1) is 26.7. The zero-order chi connectivity index (χ0) is 36.1. The van der Waals surface area contributed by atoms with Crippen molar-refractivity contribution in [1.29, 1.82) is 0 Å². The molecule has 3 nitrogen and oxygen atoms in total. The Labute approximate surface area is 316 Å². The molecule has 9 rings (SSSR count). The summed E-state index contributed by atoms with van der Waals surface area (Å²) in [5, 5.41) is 0. The Balaban J connectivity index is 0.968. The lowest BCUT2D eigenvalue weighted by Gasteiger charge is -2.12. The van der Waals surface area contributed by atoms with Gasteiger partial charge in [-0.15, -0.1) is 0 Å². The summed E-state index contributed by atoms with van der Waals surface area (Å²) in [4.78, 5) is 14.6. The summed E-state index contributed by atoms with van der Waals surface area (Å²) in [7, 11) is 0. The molecule has 9 aromatic rings. The molecule has 0 radical (unpaired) electrons. The zero-order valence-electron chi connectivity index (χ0n) is 29.5. The Bertz CT molecular complexity index is 2330. The highest BCUT2D eigenvalue weighted by Crippen LogP contribution is 2.35. The number of hydrogen-bond donors (Lipinski definition) is 0. The minimum Gasteiger partial charge on any atom is -0.208 e. The molecule has 0 bridgehead atoms. The molecule has 0 aliphatic rings. The van der Waals surface area contributed by atoms with Crippen molar-refractivity contribution in [3.8, 4) is 89.8 Å². The molecule has 1 aromatic heterocycles. The second-order valence-corrected chi connectivity index (χ2v) is 13.3. The molecule has 0 amide bonds. The van der Waals surface area contributed by atoms with Crippen molar-refractivity contribution in [2.75, 3.05) is 0 Å². The standard InChI is InChI=1S/C51H35N3/c1-5-13-36(14-6-1)46-33-47(37-15-7-2-8-16-37)35-48(34-46)42-27-25-40(26-28-42)38-21-23-39(24-22-38)41-29-31-45(32-30-41)51-53-49(43-17-9-3-10-18-43)52-50(54-51)44-19-11-4-12-20-44/h1-35H. The van der Waals surface area contributed by atoms with Crippen LogP contribution >= 0.6 is 0 Å². The Morgan fingerprint density at radius 3 is 0.630 bits per heavy atom. The van der Waals surface area contributed by atoms with Crippen molar-refractivity contribution in [2.24, 2.45) is 0 Å². The van der Waals surface area contributed by atoms with Gasteiger partial charge in [-0.3, -0.25) is 0 Å². The third-order valence-corrected chi connectivity index (χ3v) is 9.76. The van der Waals surface area contributed by atoms with Gasteiger partial charge in [-0.25, -0.2) is 15.0 Å². The lowest BCUT2D eigenvalue weighted by Crippen LogP contribution is -2.00. The van der Waals surface area contributed by atoms with Gasteiger partial charge in [0, 0.05) is 16.7 Å². The summed E-state index contributed by atoms with van der Waals surface area (Å²) < 4.78 is 0. The van der Waals surface area contributed by atoms with Gasteiger partial charge < -0.3 is 0 Å². The van der Waals surface area contributed by atoms with E-state index in [1.54, 1.807) is 0 Å². The van der Waals surface area contributed by atoms with Gasteiger partial charge in [-0.2, -0.15) is 0 Å². The smallest absolute Gasteiger partial charge is 0.164 e. The second-order valence-electron chi connectivity index (χ2n) is 13.3. The Hall–Kier alpha value is -7.23. The highest BCUT2D eigenvalue weighted by Gasteiger charge is 2.13. The van der Waals surface area contributed by atoms with Gasteiger partial charge in [0.05, 0.1) is 0 Å². The normalized spacial score (nSPS) is 11.0. The fourth-order valence-corrected chi connectivity index (χ4v) is 6.85. The van der Waals surface area contributed by atoms with Crippen LogP contribution < -0.4 is 0 Å². The van der Waals surface area contributed by atoms with Gasteiger partial charge in [0.2, 0.25) is 0 Å². The molecule has 254 valence electrons. The average Bonchev–Trinajstić information content (AvgIpc) is 3.27. The molecular weight excluding hydrogens is 655 g/mol. The summed E-state index contributed by atoms with van der Waals surface area (Å²) in [6.45, 7) is 0. The summed E-state index contributed by atoms with van der Waals surface area (Å²) in [5.41, 5.74) is 14.7. The molecule has 0 atom stereocenters. The minimum absolute atomic E-state index is 0.649. The number of benzene rings is 8. The van der Waals surface area contributed by atoms with Crippen molar-refractivity contribution in [3.63, 3.8) is 0 Å². The Morgan fingerprint density at radius 1 is 0.167 bits per heavy atom. The molecule has 8 aromatic carbocycles. The van der Waals surface area contributed by atoms with Crippen molar-refractivity contribution < 1.29 is 0 Å². The van der Waals surface area contributed by atoms with Crippen LogP contribution in [0.5, 0.6) is 0 Å². The maximum atomic E-state index is 4.89. The predicted octanol–water partition coefficient (Wildman–Crippen LogP) is 13.2. The van der Waals surface area contributed by atoms with E-state index in [1.165, 1.54) is 44.5 Å². The topological polar surface area (TPSA) is 38.7 Å². The van der Waals surface area contributed by atoms with Crippen LogP contribution in [0.15, 0.2) is 212 Å². The van der Waals surface area contributed by atoms with Crippen molar-refractivity contribution in [1.82, 2.24) is 15.0 Å². The summed E-state index contributed by atoms with van der Waals surface area (Å²) in [6.07, 6.45) is 0. The summed E-state index contributed by atoms with van der Waals surface area (Å²) in [5.74, 6) is 1.96. The van der Waals surface area contributed by atoms with Crippen LogP contribution in [-0.2, 0) is 0 Å². The average molecular weight is 690 g/mol. The van der Waals surface area contributed by atoms with E-state index in [0.29, 0.717) is 17.5 Å². The van der Waals surface area contributed by atoms with E-state index in [4.69, 9.17) is 15.0 Å². The van der Waals surface area contributed by atoms with Crippen LogP contribution in [0, 0.1) is 0 Å². The molecule has 0 N–H and O–H groups in total. The summed E-state index contributed by atoms with van der Waals surface area (Å²) >= 11 is 0. The zero-order valence-corrected chi connectivity index (χ0v) is 29.5. The molecule has 0 fully saturated rings. The molecule has 0 unspecified atom stereocenters. The van der Waals surface area contributed by atoms with E-state index in [0.717, 1.165) is 27.8 Å². The predicted molar refractivity (Wildman–Crippen MR) is 223 cm³/mol. The van der Waals surface area contributed by atoms with Gasteiger partial charge in [0.15, 0.2) is 17.5 Å². The number of hydrogen-bond acceptors (Lipinski definition) is 3. The monoisotopic (exact) mass is 689 g/mol. The third-order valence-electron chi connectivity index (χ3n) is 9.76. The number of rotatable bonds is 8.